The summed E-state index contributed by atoms with van der Waals surface area (Å²) >= 11 is 11.7. The van der Waals surface area contributed by atoms with Gasteiger partial charge in [-0.25, -0.2) is 4.39 Å². The van der Waals surface area contributed by atoms with E-state index in [4.69, 9.17) is 28.9 Å². The SMILES string of the molecule is Cc1cccc(F)c1Nc1cc(Cl)c(Cl)cc1N. The number of benzene rings is 2. The summed E-state index contributed by atoms with van der Waals surface area (Å²) in [6.45, 7) is 1.80. The Morgan fingerprint density at radius 2 is 1.83 bits per heavy atom. The third-order valence-electron chi connectivity index (χ3n) is 2.57. The number of hydrogen-bond donors (Lipinski definition) is 2. The Balaban J connectivity index is 2.43. The highest BCUT2D eigenvalue weighted by Crippen LogP contribution is 2.33. The van der Waals surface area contributed by atoms with Crippen LogP contribution >= 0.6 is 23.2 Å². The van der Waals surface area contributed by atoms with Crippen LogP contribution in [0.3, 0.4) is 0 Å². The van der Waals surface area contributed by atoms with Crippen molar-refractivity contribution in [2.24, 2.45) is 0 Å². The molecule has 0 bridgehead atoms. The third-order valence-corrected chi connectivity index (χ3v) is 3.30. The Morgan fingerprint density at radius 3 is 2.50 bits per heavy atom. The first-order valence-electron chi connectivity index (χ1n) is 5.25. The molecule has 2 aromatic carbocycles. The van der Waals surface area contributed by atoms with E-state index in [1.54, 1.807) is 25.1 Å². The molecule has 0 saturated carbocycles. The van der Waals surface area contributed by atoms with Crippen LogP contribution in [-0.4, -0.2) is 0 Å². The summed E-state index contributed by atoms with van der Waals surface area (Å²) in [4.78, 5) is 0. The minimum absolute atomic E-state index is 0.347. The van der Waals surface area contributed by atoms with E-state index < -0.39 is 0 Å². The lowest BCUT2D eigenvalue weighted by molar-refractivity contribution is 0.631. The number of aryl methyl sites for hydroxylation is 1. The quantitative estimate of drug-likeness (QED) is 0.780. The molecule has 0 aliphatic carbocycles. The van der Waals surface area contributed by atoms with Crippen LogP contribution in [0, 0.1) is 12.7 Å². The number of anilines is 3. The molecule has 0 aliphatic rings. The van der Waals surface area contributed by atoms with E-state index in [1.807, 2.05) is 0 Å². The largest absolute Gasteiger partial charge is 0.397 e. The van der Waals surface area contributed by atoms with Crippen LogP contribution < -0.4 is 11.1 Å². The summed E-state index contributed by atoms with van der Waals surface area (Å²) in [5.41, 5.74) is 7.90. The highest BCUT2D eigenvalue weighted by Gasteiger charge is 2.09. The third kappa shape index (κ3) is 2.52. The number of halogens is 3. The van der Waals surface area contributed by atoms with Crippen LogP contribution in [0.4, 0.5) is 21.5 Å². The van der Waals surface area contributed by atoms with Crippen molar-refractivity contribution in [1.29, 1.82) is 0 Å². The van der Waals surface area contributed by atoms with Gasteiger partial charge in [0.2, 0.25) is 0 Å². The summed E-state index contributed by atoms with van der Waals surface area (Å²) in [7, 11) is 0. The van der Waals surface area contributed by atoms with Crippen LogP contribution in [0.25, 0.3) is 0 Å². The van der Waals surface area contributed by atoms with E-state index >= 15 is 0 Å². The molecule has 0 unspecified atom stereocenters. The first-order chi connectivity index (χ1) is 8.49. The second-order valence-electron chi connectivity index (χ2n) is 3.91. The van der Waals surface area contributed by atoms with Gasteiger partial charge in [-0.2, -0.15) is 0 Å². The van der Waals surface area contributed by atoms with Gasteiger partial charge in [0.1, 0.15) is 5.82 Å². The predicted octanol–water partition coefficient (Wildman–Crippen LogP) is 4.77. The molecule has 3 N–H and O–H groups in total. The number of rotatable bonds is 2. The zero-order valence-electron chi connectivity index (χ0n) is 9.60. The van der Waals surface area contributed by atoms with Gasteiger partial charge in [-0.3, -0.25) is 0 Å². The Morgan fingerprint density at radius 1 is 1.17 bits per heavy atom. The maximum atomic E-state index is 13.7. The first-order valence-corrected chi connectivity index (χ1v) is 6.01. The lowest BCUT2D eigenvalue weighted by Gasteiger charge is -2.13. The molecule has 0 fully saturated rings. The standard InChI is InChI=1S/C13H11Cl2FN2/c1-7-3-2-4-10(16)13(7)18-12-6-9(15)8(14)5-11(12)17/h2-6,18H,17H2,1H3. The Bertz CT molecular complexity index is 580. The highest BCUT2D eigenvalue weighted by molar-refractivity contribution is 6.42. The summed E-state index contributed by atoms with van der Waals surface area (Å²) in [6, 6.07) is 7.93. The lowest BCUT2D eigenvalue weighted by atomic mass is 10.1. The monoisotopic (exact) mass is 284 g/mol. The molecule has 0 heterocycles. The number of nitrogen functional groups attached to an aromatic ring is 1. The van der Waals surface area contributed by atoms with Crippen LogP contribution in [0.5, 0.6) is 0 Å². The van der Waals surface area contributed by atoms with Crippen molar-refractivity contribution in [3.8, 4) is 0 Å². The number of nitrogens with two attached hydrogens (primary N) is 1. The normalized spacial score (nSPS) is 10.4. The Labute approximate surface area is 115 Å². The molecule has 2 nitrogen and oxygen atoms in total. The maximum Gasteiger partial charge on any atom is 0.146 e. The van der Waals surface area contributed by atoms with Crippen LogP contribution in [0.1, 0.15) is 5.56 Å². The molecule has 0 amide bonds. The van der Waals surface area contributed by atoms with Gasteiger partial charge in [0, 0.05) is 0 Å². The molecule has 0 aliphatic heterocycles. The minimum atomic E-state index is -0.347. The van der Waals surface area contributed by atoms with Crippen LogP contribution in [-0.2, 0) is 0 Å². The zero-order valence-corrected chi connectivity index (χ0v) is 11.1. The Hall–Kier alpha value is -1.45. The van der Waals surface area contributed by atoms with E-state index in [2.05, 4.69) is 5.32 Å². The maximum absolute atomic E-state index is 13.7. The summed E-state index contributed by atoms with van der Waals surface area (Å²) in [5, 5.41) is 3.66. The van der Waals surface area contributed by atoms with Gasteiger partial charge < -0.3 is 11.1 Å². The minimum Gasteiger partial charge on any atom is -0.397 e. The predicted molar refractivity (Wildman–Crippen MR) is 75.3 cm³/mol. The van der Waals surface area contributed by atoms with Crippen LogP contribution in [0.15, 0.2) is 30.3 Å². The fraction of sp³-hybridized carbons (Fsp3) is 0.0769. The zero-order chi connectivity index (χ0) is 13.3. The Kier molecular flexibility index (Phi) is 3.64. The topological polar surface area (TPSA) is 38.0 Å². The van der Waals surface area contributed by atoms with Gasteiger partial charge in [0.25, 0.3) is 0 Å². The molecule has 2 rings (SSSR count). The molecule has 0 radical (unpaired) electrons. The van der Waals surface area contributed by atoms with E-state index in [1.165, 1.54) is 12.1 Å². The molecular formula is C13H11Cl2FN2. The second-order valence-corrected chi connectivity index (χ2v) is 4.72. The number of para-hydroxylation sites is 1. The van der Waals surface area contributed by atoms with Gasteiger partial charge in [-0.1, -0.05) is 35.3 Å². The van der Waals surface area contributed by atoms with Crippen molar-refractivity contribution in [2.75, 3.05) is 11.1 Å². The average molecular weight is 285 g/mol. The van der Waals surface area contributed by atoms with E-state index in [-0.39, 0.29) is 5.82 Å². The molecule has 0 spiro atoms. The highest BCUT2D eigenvalue weighted by atomic mass is 35.5. The number of nitrogens with one attached hydrogen (secondary N) is 1. The van der Waals surface area contributed by atoms with Crippen molar-refractivity contribution in [3.05, 3.63) is 51.8 Å². The van der Waals surface area contributed by atoms with Gasteiger partial charge in [-0.15, -0.1) is 0 Å². The first kappa shape index (κ1) is 13.0. The average Bonchev–Trinajstić information content (AvgIpc) is 2.30. The summed E-state index contributed by atoms with van der Waals surface area (Å²) in [6.07, 6.45) is 0. The summed E-state index contributed by atoms with van der Waals surface area (Å²) in [5.74, 6) is -0.347. The smallest absolute Gasteiger partial charge is 0.146 e. The summed E-state index contributed by atoms with van der Waals surface area (Å²) < 4.78 is 13.7. The molecule has 5 heteroatoms. The van der Waals surface area contributed by atoms with Gasteiger partial charge in [-0.05, 0) is 30.7 Å². The molecule has 0 saturated heterocycles. The lowest BCUT2D eigenvalue weighted by Crippen LogP contribution is -2.00. The van der Waals surface area contributed by atoms with Crippen molar-refractivity contribution >= 4 is 40.3 Å². The molecule has 0 aromatic heterocycles. The fourth-order valence-corrected chi connectivity index (χ4v) is 1.93. The molecule has 18 heavy (non-hydrogen) atoms. The van der Waals surface area contributed by atoms with Gasteiger partial charge in [0.05, 0.1) is 27.1 Å². The fourth-order valence-electron chi connectivity index (χ4n) is 1.60. The molecular weight excluding hydrogens is 274 g/mol. The van der Waals surface area contributed by atoms with Crippen molar-refractivity contribution < 1.29 is 4.39 Å². The molecule has 94 valence electrons. The van der Waals surface area contributed by atoms with E-state index in [9.17, 15) is 4.39 Å². The van der Waals surface area contributed by atoms with E-state index in [0.29, 0.717) is 27.1 Å². The van der Waals surface area contributed by atoms with E-state index in [0.717, 1.165) is 5.56 Å². The van der Waals surface area contributed by atoms with Crippen molar-refractivity contribution in [1.82, 2.24) is 0 Å². The molecule has 0 atom stereocenters. The molecule has 2 aromatic rings. The van der Waals surface area contributed by atoms with Crippen molar-refractivity contribution in [2.45, 2.75) is 6.92 Å². The van der Waals surface area contributed by atoms with Gasteiger partial charge in [0.15, 0.2) is 0 Å². The second kappa shape index (κ2) is 5.04. The van der Waals surface area contributed by atoms with Gasteiger partial charge >= 0.3 is 0 Å². The van der Waals surface area contributed by atoms with Crippen LogP contribution in [0.2, 0.25) is 10.0 Å². The number of hydrogen-bond acceptors (Lipinski definition) is 2. The van der Waals surface area contributed by atoms with Crippen molar-refractivity contribution in [3.63, 3.8) is 0 Å².